The van der Waals surface area contributed by atoms with E-state index < -0.39 is 64.3 Å². The number of hydrogen-bond donors (Lipinski definition) is 3. The Balaban J connectivity index is 1.75. The summed E-state index contributed by atoms with van der Waals surface area (Å²) < 4.78 is 83.1. The second-order valence-corrected chi connectivity index (χ2v) is 10.3. The van der Waals surface area contributed by atoms with Crippen LogP contribution in [0.15, 0.2) is 30.5 Å². The van der Waals surface area contributed by atoms with Crippen molar-refractivity contribution in [2.45, 2.75) is 56.9 Å². The van der Waals surface area contributed by atoms with Crippen LogP contribution in [0.4, 0.5) is 27.6 Å². The Morgan fingerprint density at radius 2 is 1.95 bits per heavy atom. The Hall–Kier alpha value is -3.32. The second kappa shape index (κ2) is 10.3. The number of nitrogens with two attached hydrogens (primary N) is 1. The summed E-state index contributed by atoms with van der Waals surface area (Å²) in [7, 11) is 0. The third kappa shape index (κ3) is 5.17. The van der Waals surface area contributed by atoms with E-state index in [0.29, 0.717) is 12.8 Å². The molecule has 212 valence electrons. The number of hydrogen-bond acceptors (Lipinski definition) is 6. The highest BCUT2D eigenvalue weighted by Gasteiger charge is 2.66. The van der Waals surface area contributed by atoms with Gasteiger partial charge in [-0.1, -0.05) is 19.4 Å². The Morgan fingerprint density at radius 3 is 2.51 bits per heavy atom. The van der Waals surface area contributed by atoms with Crippen molar-refractivity contribution in [3.05, 3.63) is 53.4 Å². The summed E-state index contributed by atoms with van der Waals surface area (Å²) in [5, 5.41) is 12.1. The molecule has 4 rings (SSSR count). The van der Waals surface area contributed by atoms with Crippen molar-refractivity contribution in [2.24, 2.45) is 17.1 Å². The van der Waals surface area contributed by atoms with Gasteiger partial charge in [-0.25, -0.2) is 4.39 Å². The molecule has 0 spiro atoms. The molecule has 1 aliphatic heterocycles. The van der Waals surface area contributed by atoms with Gasteiger partial charge in [0.05, 0.1) is 13.2 Å². The number of aliphatic hydroxyl groups excluding tert-OH is 1. The molecule has 4 N–H and O–H groups in total. The fraction of sp³-hybridized carbons (Fsp3) is 0.500. The van der Waals surface area contributed by atoms with Gasteiger partial charge in [-0.3, -0.25) is 14.6 Å². The average molecular weight is 558 g/mol. The average Bonchev–Trinajstić information content (AvgIpc) is 3.13. The fourth-order valence-electron chi connectivity index (χ4n) is 5.09. The number of halogens is 5. The van der Waals surface area contributed by atoms with Gasteiger partial charge in [-0.15, -0.1) is 0 Å². The number of nitrogens with one attached hydrogen (secondary N) is 1. The molecule has 1 saturated carbocycles. The van der Waals surface area contributed by atoms with E-state index in [2.05, 4.69) is 10.3 Å². The molecular weight excluding hydrogens is 529 g/mol. The molecule has 2 aromatic rings. The van der Waals surface area contributed by atoms with Crippen LogP contribution in [-0.2, 0) is 9.53 Å². The van der Waals surface area contributed by atoms with Crippen LogP contribution in [0.1, 0.15) is 55.1 Å². The molecule has 0 unspecified atom stereocenters. The van der Waals surface area contributed by atoms with Gasteiger partial charge in [0, 0.05) is 34.7 Å². The lowest BCUT2D eigenvalue weighted by Gasteiger charge is -2.40. The molecule has 39 heavy (non-hydrogen) atoms. The first-order valence-corrected chi connectivity index (χ1v) is 12.3. The van der Waals surface area contributed by atoms with Crippen molar-refractivity contribution < 1.29 is 46.1 Å². The molecule has 1 aromatic carbocycles. The normalized spacial score (nSPS) is 26.1. The summed E-state index contributed by atoms with van der Waals surface area (Å²) in [4.78, 5) is 28.5. The third-order valence-corrected chi connectivity index (χ3v) is 7.92. The molecule has 2 heterocycles. The van der Waals surface area contributed by atoms with E-state index >= 15 is 4.39 Å². The number of pyridine rings is 1. The van der Waals surface area contributed by atoms with Gasteiger partial charge < -0.3 is 25.6 Å². The standard InChI is InChI=1S/C26H28F5N3O5/c1-13-18(15-4-5-16(27)19(28)20(15)38-12-25(11-35)7-3-8-25)21(39-24(13,2)26(29,30)31)23(37)34-14-6-9-33-17(10-14)22(32)36/h4-6,9-10,13,18,21,35H,3,7-8,11-12H2,1-2H3,(H2,32,36)(H,33,34,37)/t13-,18-,21+,24+/m0/s1. The van der Waals surface area contributed by atoms with Gasteiger partial charge in [0.15, 0.2) is 17.2 Å². The quantitative estimate of drug-likeness (QED) is 0.421. The predicted octanol–water partition coefficient (Wildman–Crippen LogP) is 4.08. The summed E-state index contributed by atoms with van der Waals surface area (Å²) in [6.07, 6.45) is -3.62. The maximum absolute atomic E-state index is 15.1. The van der Waals surface area contributed by atoms with Gasteiger partial charge >= 0.3 is 6.18 Å². The first kappa shape index (κ1) is 28.7. The fourth-order valence-corrected chi connectivity index (χ4v) is 5.09. The number of aliphatic hydroxyl groups is 1. The first-order chi connectivity index (χ1) is 18.2. The summed E-state index contributed by atoms with van der Waals surface area (Å²) >= 11 is 0. The lowest BCUT2D eigenvalue weighted by Crippen LogP contribution is -2.47. The molecular formula is C26H28F5N3O5. The van der Waals surface area contributed by atoms with Gasteiger partial charge in [0.25, 0.3) is 11.8 Å². The van der Waals surface area contributed by atoms with E-state index in [0.717, 1.165) is 31.5 Å². The van der Waals surface area contributed by atoms with E-state index in [1.807, 2.05) is 0 Å². The van der Waals surface area contributed by atoms with Crippen molar-refractivity contribution in [3.8, 4) is 5.75 Å². The zero-order valence-electron chi connectivity index (χ0n) is 21.1. The molecule has 2 fully saturated rings. The van der Waals surface area contributed by atoms with Crippen LogP contribution in [0.2, 0.25) is 0 Å². The topological polar surface area (TPSA) is 124 Å². The maximum atomic E-state index is 15.1. The van der Waals surface area contributed by atoms with Crippen LogP contribution in [0.3, 0.4) is 0 Å². The first-order valence-electron chi connectivity index (χ1n) is 12.3. The van der Waals surface area contributed by atoms with E-state index in [1.54, 1.807) is 0 Å². The number of nitrogens with zero attached hydrogens (tertiary/aromatic N) is 1. The summed E-state index contributed by atoms with van der Waals surface area (Å²) in [5.41, 5.74) is 1.32. The van der Waals surface area contributed by atoms with Crippen molar-refractivity contribution in [3.63, 3.8) is 0 Å². The smallest absolute Gasteiger partial charge is 0.417 e. The summed E-state index contributed by atoms with van der Waals surface area (Å²) in [5.74, 6) is -8.15. The highest BCUT2D eigenvalue weighted by molar-refractivity contribution is 5.97. The Morgan fingerprint density at radius 1 is 1.26 bits per heavy atom. The number of carbonyl (C=O) groups excluding carboxylic acids is 2. The molecule has 2 amide bonds. The van der Waals surface area contributed by atoms with Crippen molar-refractivity contribution in [2.75, 3.05) is 18.5 Å². The monoisotopic (exact) mass is 557 g/mol. The minimum Gasteiger partial charge on any atom is -0.489 e. The Kier molecular flexibility index (Phi) is 7.60. The number of aromatic nitrogens is 1. The highest BCUT2D eigenvalue weighted by Crippen LogP contribution is 2.55. The molecule has 13 heteroatoms. The summed E-state index contributed by atoms with van der Waals surface area (Å²) in [6, 6.07) is 4.25. The predicted molar refractivity (Wildman–Crippen MR) is 128 cm³/mol. The molecule has 2 aliphatic rings. The number of rotatable bonds is 8. The third-order valence-electron chi connectivity index (χ3n) is 7.92. The number of primary amides is 1. The van der Waals surface area contributed by atoms with Crippen molar-refractivity contribution >= 4 is 17.5 Å². The Bertz CT molecular complexity index is 1260. The van der Waals surface area contributed by atoms with E-state index in [1.165, 1.54) is 19.2 Å². The molecule has 4 atom stereocenters. The van der Waals surface area contributed by atoms with E-state index in [9.17, 15) is 32.3 Å². The number of benzene rings is 1. The molecule has 1 saturated heterocycles. The lowest BCUT2D eigenvalue weighted by atomic mass is 9.70. The maximum Gasteiger partial charge on any atom is 0.417 e. The van der Waals surface area contributed by atoms with E-state index in [-0.39, 0.29) is 30.2 Å². The molecule has 1 aliphatic carbocycles. The van der Waals surface area contributed by atoms with Crippen LogP contribution in [0, 0.1) is 23.0 Å². The number of carbonyl (C=O) groups is 2. The lowest BCUT2D eigenvalue weighted by molar-refractivity contribution is -0.272. The van der Waals surface area contributed by atoms with Crippen molar-refractivity contribution in [1.82, 2.24) is 4.98 Å². The van der Waals surface area contributed by atoms with E-state index in [4.69, 9.17) is 15.2 Å². The van der Waals surface area contributed by atoms with Crippen molar-refractivity contribution in [1.29, 1.82) is 0 Å². The van der Waals surface area contributed by atoms with Crippen LogP contribution >= 0.6 is 0 Å². The highest BCUT2D eigenvalue weighted by atomic mass is 19.4. The minimum atomic E-state index is -4.93. The molecule has 1 aromatic heterocycles. The number of alkyl halides is 3. The van der Waals surface area contributed by atoms with Gasteiger partial charge in [0.1, 0.15) is 11.8 Å². The van der Waals surface area contributed by atoms with Crippen LogP contribution < -0.4 is 15.8 Å². The summed E-state index contributed by atoms with van der Waals surface area (Å²) in [6.45, 7) is 1.53. The van der Waals surface area contributed by atoms with Crippen LogP contribution in [0.25, 0.3) is 0 Å². The molecule has 0 radical (unpaired) electrons. The van der Waals surface area contributed by atoms with Gasteiger partial charge in [0.2, 0.25) is 5.82 Å². The van der Waals surface area contributed by atoms with Gasteiger partial charge in [-0.2, -0.15) is 17.6 Å². The Labute approximate surface area is 220 Å². The van der Waals surface area contributed by atoms with Crippen LogP contribution in [0.5, 0.6) is 5.75 Å². The number of amides is 2. The number of ether oxygens (including phenoxy) is 2. The molecule has 0 bridgehead atoms. The number of anilines is 1. The SMILES string of the molecule is C[C@H]1[C@@H](c2ccc(F)c(F)c2OCC2(CO)CCC2)[C@H](C(=O)Nc2ccnc(C(N)=O)c2)O[C@@]1(C)C(F)(F)F. The zero-order valence-corrected chi connectivity index (χ0v) is 21.1. The molecule has 8 nitrogen and oxygen atoms in total. The minimum absolute atomic E-state index is 0.0102. The second-order valence-electron chi connectivity index (χ2n) is 10.3. The largest absolute Gasteiger partial charge is 0.489 e. The van der Waals surface area contributed by atoms with Crippen LogP contribution in [-0.4, -0.2) is 53.0 Å². The zero-order chi connectivity index (χ0) is 28.8. The van der Waals surface area contributed by atoms with Gasteiger partial charge in [-0.05, 0) is 38.0 Å².